The largest absolute Gasteiger partial charge is 0.507 e. The maximum atomic E-state index is 10.6. The lowest BCUT2D eigenvalue weighted by Crippen LogP contribution is -2.04. The third-order valence-electron chi connectivity index (χ3n) is 1.73. The molecule has 0 amide bonds. The highest BCUT2D eigenvalue weighted by atomic mass is 16.4. The Bertz CT molecular complexity index is 429. The molecule has 15 heavy (non-hydrogen) atoms. The van der Waals surface area contributed by atoms with Gasteiger partial charge in [-0.25, -0.2) is 4.79 Å². The maximum Gasteiger partial charge on any atom is 0.335 e. The standard InChI is InChI=1S/C11H11NO3/c1-12-6-2-3-8-4-5-9(11(14)15)7-10(8)13/h4-5,7,12-13H,6H2,1H3,(H,14,15). The van der Waals surface area contributed by atoms with E-state index in [1.54, 1.807) is 7.05 Å². The summed E-state index contributed by atoms with van der Waals surface area (Å²) in [6.45, 7) is 0.514. The number of carboxylic acids is 1. The number of benzene rings is 1. The summed E-state index contributed by atoms with van der Waals surface area (Å²) >= 11 is 0. The molecule has 0 aliphatic rings. The molecule has 0 unspecified atom stereocenters. The number of hydrogen-bond donors (Lipinski definition) is 3. The molecule has 0 heterocycles. The molecular formula is C11H11NO3. The second-order valence-corrected chi connectivity index (χ2v) is 2.87. The third-order valence-corrected chi connectivity index (χ3v) is 1.73. The monoisotopic (exact) mass is 205 g/mol. The van der Waals surface area contributed by atoms with Crippen molar-refractivity contribution in [3.63, 3.8) is 0 Å². The van der Waals surface area contributed by atoms with Gasteiger partial charge in [-0.3, -0.25) is 0 Å². The first-order chi connectivity index (χ1) is 7.15. The molecule has 0 aliphatic heterocycles. The quantitative estimate of drug-likeness (QED) is 0.620. The molecule has 0 aliphatic carbocycles. The first kappa shape index (κ1) is 11.1. The topological polar surface area (TPSA) is 69.6 Å². The Hall–Kier alpha value is -1.99. The third kappa shape index (κ3) is 3.01. The molecule has 1 aromatic carbocycles. The Morgan fingerprint density at radius 2 is 2.27 bits per heavy atom. The minimum absolute atomic E-state index is 0.0478. The van der Waals surface area contributed by atoms with Crippen LogP contribution in [-0.4, -0.2) is 29.8 Å². The fourth-order valence-corrected chi connectivity index (χ4v) is 0.998. The van der Waals surface area contributed by atoms with Gasteiger partial charge in [0.15, 0.2) is 0 Å². The van der Waals surface area contributed by atoms with Gasteiger partial charge in [-0.1, -0.05) is 11.8 Å². The molecule has 0 radical (unpaired) electrons. The maximum absolute atomic E-state index is 10.6. The number of rotatable bonds is 2. The highest BCUT2D eigenvalue weighted by Crippen LogP contribution is 2.17. The second-order valence-electron chi connectivity index (χ2n) is 2.87. The Labute approximate surface area is 87.6 Å². The Morgan fingerprint density at radius 3 is 2.80 bits per heavy atom. The lowest BCUT2D eigenvalue weighted by molar-refractivity contribution is 0.0696. The summed E-state index contributed by atoms with van der Waals surface area (Å²) in [6.07, 6.45) is 0. The number of carbonyl (C=O) groups is 1. The van der Waals surface area contributed by atoms with Gasteiger partial charge in [-0.2, -0.15) is 0 Å². The highest BCUT2D eigenvalue weighted by molar-refractivity contribution is 5.88. The Balaban J connectivity index is 2.95. The van der Waals surface area contributed by atoms with Crippen LogP contribution < -0.4 is 5.32 Å². The van der Waals surface area contributed by atoms with Gasteiger partial charge in [0.05, 0.1) is 17.7 Å². The smallest absolute Gasteiger partial charge is 0.335 e. The zero-order valence-electron chi connectivity index (χ0n) is 8.24. The van der Waals surface area contributed by atoms with Gasteiger partial charge in [0.2, 0.25) is 0 Å². The average molecular weight is 205 g/mol. The van der Waals surface area contributed by atoms with Crippen LogP contribution in [0.2, 0.25) is 0 Å². The van der Waals surface area contributed by atoms with E-state index in [-0.39, 0.29) is 11.3 Å². The van der Waals surface area contributed by atoms with Gasteiger partial charge in [0.1, 0.15) is 5.75 Å². The molecular weight excluding hydrogens is 194 g/mol. The van der Waals surface area contributed by atoms with E-state index >= 15 is 0 Å². The first-order valence-corrected chi connectivity index (χ1v) is 4.35. The van der Waals surface area contributed by atoms with Crippen molar-refractivity contribution in [1.29, 1.82) is 0 Å². The number of aromatic carboxylic acids is 1. The predicted molar refractivity (Wildman–Crippen MR) is 55.9 cm³/mol. The molecule has 0 saturated heterocycles. The fraction of sp³-hybridized carbons (Fsp3) is 0.182. The van der Waals surface area contributed by atoms with Crippen LogP contribution >= 0.6 is 0 Å². The second kappa shape index (κ2) is 5.03. The van der Waals surface area contributed by atoms with Gasteiger partial charge < -0.3 is 15.5 Å². The van der Waals surface area contributed by atoms with Crippen molar-refractivity contribution in [2.45, 2.75) is 0 Å². The molecule has 4 nitrogen and oxygen atoms in total. The molecule has 78 valence electrons. The first-order valence-electron chi connectivity index (χ1n) is 4.35. The van der Waals surface area contributed by atoms with Crippen LogP contribution in [0.4, 0.5) is 0 Å². The Kier molecular flexibility index (Phi) is 3.72. The molecule has 3 N–H and O–H groups in total. The van der Waals surface area contributed by atoms with Gasteiger partial charge in [0, 0.05) is 0 Å². The summed E-state index contributed by atoms with van der Waals surface area (Å²) in [5, 5.41) is 20.9. The van der Waals surface area contributed by atoms with E-state index in [1.165, 1.54) is 18.2 Å². The summed E-state index contributed by atoms with van der Waals surface area (Å²) < 4.78 is 0. The van der Waals surface area contributed by atoms with Gasteiger partial charge in [0.25, 0.3) is 0 Å². The molecule has 1 rings (SSSR count). The van der Waals surface area contributed by atoms with Crippen molar-refractivity contribution in [2.24, 2.45) is 0 Å². The van der Waals surface area contributed by atoms with Crippen molar-refractivity contribution in [1.82, 2.24) is 5.32 Å². The minimum Gasteiger partial charge on any atom is -0.507 e. The van der Waals surface area contributed by atoms with Crippen molar-refractivity contribution in [3.8, 4) is 17.6 Å². The molecule has 0 fully saturated rings. The summed E-state index contributed by atoms with van der Waals surface area (Å²) in [5.74, 6) is 4.31. The number of carboxylic acid groups (broad SMARTS) is 1. The minimum atomic E-state index is -1.07. The number of phenolic OH excluding ortho intramolecular Hbond substituents is 1. The lowest BCUT2D eigenvalue weighted by atomic mass is 10.1. The normalized spacial score (nSPS) is 9.13. The van der Waals surface area contributed by atoms with Gasteiger partial charge >= 0.3 is 5.97 Å². The van der Waals surface area contributed by atoms with Crippen LogP contribution in [0.5, 0.6) is 5.75 Å². The van der Waals surface area contributed by atoms with Crippen LogP contribution in [0.15, 0.2) is 18.2 Å². The van der Waals surface area contributed by atoms with Crippen LogP contribution in [0.3, 0.4) is 0 Å². The SMILES string of the molecule is CNCC#Cc1ccc(C(=O)O)cc1O. The molecule has 4 heteroatoms. The number of hydrogen-bond acceptors (Lipinski definition) is 3. The van der Waals surface area contributed by atoms with Crippen molar-refractivity contribution < 1.29 is 15.0 Å². The van der Waals surface area contributed by atoms with Crippen LogP contribution in [0.1, 0.15) is 15.9 Å². The van der Waals surface area contributed by atoms with Crippen molar-refractivity contribution in [2.75, 3.05) is 13.6 Å². The summed E-state index contributed by atoms with van der Waals surface area (Å²) in [4.78, 5) is 10.6. The molecule has 0 atom stereocenters. The number of nitrogens with one attached hydrogen (secondary N) is 1. The number of phenols is 1. The van der Waals surface area contributed by atoms with Crippen LogP contribution in [0, 0.1) is 11.8 Å². The zero-order valence-corrected chi connectivity index (χ0v) is 8.24. The van der Waals surface area contributed by atoms with E-state index in [4.69, 9.17) is 5.11 Å². The van der Waals surface area contributed by atoms with Crippen molar-refractivity contribution >= 4 is 5.97 Å². The van der Waals surface area contributed by atoms with Crippen LogP contribution in [0.25, 0.3) is 0 Å². The molecule has 0 aromatic heterocycles. The van der Waals surface area contributed by atoms with E-state index in [2.05, 4.69) is 17.2 Å². The average Bonchev–Trinajstić information content (AvgIpc) is 2.20. The van der Waals surface area contributed by atoms with Crippen LogP contribution in [-0.2, 0) is 0 Å². The predicted octanol–water partition coefficient (Wildman–Crippen LogP) is 0.661. The van der Waals surface area contributed by atoms with E-state index in [1.807, 2.05) is 0 Å². The summed E-state index contributed by atoms with van der Waals surface area (Å²) in [7, 11) is 1.77. The molecule has 0 bridgehead atoms. The molecule has 1 aromatic rings. The van der Waals surface area contributed by atoms with E-state index < -0.39 is 5.97 Å². The molecule has 0 saturated carbocycles. The van der Waals surface area contributed by atoms with E-state index in [0.717, 1.165) is 0 Å². The lowest BCUT2D eigenvalue weighted by Gasteiger charge is -1.98. The summed E-state index contributed by atoms with van der Waals surface area (Å²) in [5.41, 5.74) is 0.474. The van der Waals surface area contributed by atoms with E-state index in [0.29, 0.717) is 12.1 Å². The van der Waals surface area contributed by atoms with Gasteiger partial charge in [-0.15, -0.1) is 0 Å². The number of aromatic hydroxyl groups is 1. The Morgan fingerprint density at radius 1 is 1.53 bits per heavy atom. The summed E-state index contributed by atoms with van der Waals surface area (Å²) in [6, 6.07) is 4.08. The molecule has 0 spiro atoms. The highest BCUT2D eigenvalue weighted by Gasteiger charge is 2.05. The zero-order chi connectivity index (χ0) is 11.3. The van der Waals surface area contributed by atoms with E-state index in [9.17, 15) is 9.90 Å². The van der Waals surface area contributed by atoms with Gasteiger partial charge in [-0.05, 0) is 25.2 Å². The fourth-order valence-electron chi connectivity index (χ4n) is 0.998. The van der Waals surface area contributed by atoms with Crippen molar-refractivity contribution in [3.05, 3.63) is 29.3 Å².